The van der Waals surface area contributed by atoms with Crippen LogP contribution in [0.15, 0.2) is 24.4 Å². The van der Waals surface area contributed by atoms with Gasteiger partial charge >= 0.3 is 6.09 Å². The Morgan fingerprint density at radius 1 is 1.20 bits per heavy atom. The molecule has 1 saturated heterocycles. The third-order valence-corrected chi connectivity index (χ3v) is 4.34. The molecule has 25 heavy (non-hydrogen) atoms. The maximum absolute atomic E-state index is 12.3. The second kappa shape index (κ2) is 6.78. The van der Waals surface area contributed by atoms with Crippen molar-refractivity contribution in [1.29, 1.82) is 0 Å². The van der Waals surface area contributed by atoms with Crippen molar-refractivity contribution in [3.05, 3.63) is 30.0 Å². The molecule has 1 fully saturated rings. The minimum atomic E-state index is -0.479. The number of benzene rings is 1. The summed E-state index contributed by atoms with van der Waals surface area (Å²) in [7, 11) is 0. The first-order chi connectivity index (χ1) is 11.9. The van der Waals surface area contributed by atoms with Crippen LogP contribution in [0.4, 0.5) is 10.5 Å². The number of amides is 1. The van der Waals surface area contributed by atoms with Crippen LogP contribution in [-0.4, -0.2) is 54.0 Å². The zero-order valence-electron chi connectivity index (χ0n) is 15.0. The van der Waals surface area contributed by atoms with E-state index < -0.39 is 5.60 Å². The molecule has 0 spiro atoms. The van der Waals surface area contributed by atoms with E-state index in [-0.39, 0.29) is 6.09 Å². The van der Waals surface area contributed by atoms with E-state index in [1.54, 1.807) is 11.1 Å². The number of nitrogens with zero attached hydrogens (tertiary/aromatic N) is 2. The number of hydrogen-bond donors (Lipinski definition) is 1. The number of rotatable bonds is 2. The van der Waals surface area contributed by atoms with E-state index in [0.29, 0.717) is 18.7 Å². The van der Waals surface area contributed by atoms with Crippen LogP contribution in [-0.2, 0) is 4.74 Å². The Kier molecular flexibility index (Phi) is 4.70. The predicted molar refractivity (Wildman–Crippen MR) is 98.3 cm³/mol. The zero-order valence-corrected chi connectivity index (χ0v) is 15.0. The quantitative estimate of drug-likeness (QED) is 0.849. The number of H-pyrrole nitrogens is 1. The van der Waals surface area contributed by atoms with Crippen LogP contribution in [0.25, 0.3) is 10.9 Å². The largest absolute Gasteiger partial charge is 0.444 e. The summed E-state index contributed by atoms with van der Waals surface area (Å²) >= 11 is 0. The molecule has 0 saturated carbocycles. The van der Waals surface area contributed by atoms with E-state index in [0.717, 1.165) is 42.4 Å². The van der Waals surface area contributed by atoms with Crippen molar-refractivity contribution >= 4 is 29.0 Å². The lowest BCUT2D eigenvalue weighted by Crippen LogP contribution is -2.39. The zero-order chi connectivity index (χ0) is 18.0. The van der Waals surface area contributed by atoms with Crippen LogP contribution in [0.3, 0.4) is 0 Å². The van der Waals surface area contributed by atoms with Crippen molar-refractivity contribution in [3.63, 3.8) is 0 Å². The van der Waals surface area contributed by atoms with Gasteiger partial charge in [0.05, 0.1) is 0 Å². The van der Waals surface area contributed by atoms with Gasteiger partial charge in [0.2, 0.25) is 0 Å². The first kappa shape index (κ1) is 17.3. The molecule has 1 aliphatic rings. The van der Waals surface area contributed by atoms with Gasteiger partial charge < -0.3 is 19.5 Å². The number of fused-ring (bicyclic) bond motifs is 1. The third-order valence-electron chi connectivity index (χ3n) is 4.34. The summed E-state index contributed by atoms with van der Waals surface area (Å²) in [5, 5.41) is 0.931. The van der Waals surface area contributed by atoms with Crippen LogP contribution in [0.2, 0.25) is 0 Å². The van der Waals surface area contributed by atoms with E-state index in [4.69, 9.17) is 4.74 Å². The standard InChI is InChI=1S/C19H25N3O3/c1-19(2,3)25-18(24)22-8-4-7-21(9-10-22)15-5-6-17-16(11-15)14(13-23)12-20-17/h5-6,11-13,20H,4,7-10H2,1-3H3. The van der Waals surface area contributed by atoms with Gasteiger partial charge in [-0.2, -0.15) is 0 Å². The summed E-state index contributed by atoms with van der Waals surface area (Å²) < 4.78 is 5.48. The molecule has 1 aromatic carbocycles. The second-order valence-corrected chi connectivity index (χ2v) is 7.40. The van der Waals surface area contributed by atoms with Crippen molar-refractivity contribution < 1.29 is 14.3 Å². The Hall–Kier alpha value is -2.50. The van der Waals surface area contributed by atoms with Crippen molar-refractivity contribution in [3.8, 4) is 0 Å². The monoisotopic (exact) mass is 343 g/mol. The van der Waals surface area contributed by atoms with Crippen LogP contribution in [0.1, 0.15) is 37.6 Å². The lowest BCUT2D eigenvalue weighted by atomic mass is 10.1. The Morgan fingerprint density at radius 2 is 2.00 bits per heavy atom. The Balaban J connectivity index is 1.72. The van der Waals surface area contributed by atoms with E-state index >= 15 is 0 Å². The Morgan fingerprint density at radius 3 is 2.72 bits per heavy atom. The summed E-state index contributed by atoms with van der Waals surface area (Å²) in [4.78, 5) is 30.6. The molecule has 1 aromatic heterocycles. The smallest absolute Gasteiger partial charge is 0.410 e. The van der Waals surface area contributed by atoms with Crippen LogP contribution in [0.5, 0.6) is 0 Å². The van der Waals surface area contributed by atoms with Gasteiger partial charge in [0.1, 0.15) is 5.60 Å². The van der Waals surface area contributed by atoms with Crippen molar-refractivity contribution in [2.24, 2.45) is 0 Å². The molecule has 0 radical (unpaired) electrons. The first-order valence-electron chi connectivity index (χ1n) is 8.66. The Bertz CT molecular complexity index is 776. The van der Waals surface area contributed by atoms with E-state index in [1.165, 1.54) is 0 Å². The van der Waals surface area contributed by atoms with Crippen LogP contribution in [0, 0.1) is 0 Å². The van der Waals surface area contributed by atoms with Crippen molar-refractivity contribution in [2.75, 3.05) is 31.1 Å². The number of anilines is 1. The molecule has 1 amide bonds. The highest BCUT2D eigenvalue weighted by Gasteiger charge is 2.24. The molecule has 0 bridgehead atoms. The van der Waals surface area contributed by atoms with Crippen molar-refractivity contribution in [1.82, 2.24) is 9.88 Å². The van der Waals surface area contributed by atoms with Crippen LogP contribution < -0.4 is 4.90 Å². The molecule has 1 N–H and O–H groups in total. The number of carbonyl (C=O) groups is 2. The van der Waals surface area contributed by atoms with Crippen LogP contribution >= 0.6 is 0 Å². The molecule has 3 rings (SSSR count). The number of hydrogen-bond acceptors (Lipinski definition) is 4. The Labute approximate surface area is 147 Å². The maximum Gasteiger partial charge on any atom is 0.410 e. The van der Waals surface area contributed by atoms with Gasteiger partial charge in [-0.3, -0.25) is 4.79 Å². The van der Waals surface area contributed by atoms with E-state index in [1.807, 2.05) is 32.9 Å². The van der Waals surface area contributed by atoms with Gasteiger partial charge in [-0.1, -0.05) is 0 Å². The normalized spacial score (nSPS) is 16.0. The van der Waals surface area contributed by atoms with E-state index in [2.05, 4.69) is 16.0 Å². The molecular formula is C19H25N3O3. The van der Waals surface area contributed by atoms with E-state index in [9.17, 15) is 9.59 Å². The van der Waals surface area contributed by atoms with Gasteiger partial charge in [-0.05, 0) is 45.4 Å². The fourth-order valence-corrected chi connectivity index (χ4v) is 3.11. The molecule has 6 nitrogen and oxygen atoms in total. The first-order valence-corrected chi connectivity index (χ1v) is 8.66. The lowest BCUT2D eigenvalue weighted by Gasteiger charge is -2.27. The molecule has 0 aliphatic carbocycles. The minimum absolute atomic E-state index is 0.251. The molecule has 0 unspecified atom stereocenters. The van der Waals surface area contributed by atoms with Crippen molar-refractivity contribution in [2.45, 2.75) is 32.8 Å². The number of carbonyl (C=O) groups excluding carboxylic acids is 2. The van der Waals surface area contributed by atoms with Gasteiger partial charge in [0.15, 0.2) is 6.29 Å². The summed E-state index contributed by atoms with van der Waals surface area (Å²) in [6, 6.07) is 6.09. The molecule has 6 heteroatoms. The highest BCUT2D eigenvalue weighted by atomic mass is 16.6. The van der Waals surface area contributed by atoms with Gasteiger partial charge in [0.25, 0.3) is 0 Å². The molecule has 134 valence electrons. The summed E-state index contributed by atoms with van der Waals surface area (Å²) in [6.45, 7) is 8.57. The average molecular weight is 343 g/mol. The lowest BCUT2D eigenvalue weighted by molar-refractivity contribution is 0.0263. The highest BCUT2D eigenvalue weighted by Crippen LogP contribution is 2.25. The highest BCUT2D eigenvalue weighted by molar-refractivity contribution is 5.98. The SMILES string of the molecule is CC(C)(C)OC(=O)N1CCCN(c2ccc3[nH]cc(C=O)c3c2)CC1. The van der Waals surface area contributed by atoms with Gasteiger partial charge in [-0.15, -0.1) is 0 Å². The number of aromatic nitrogens is 1. The topological polar surface area (TPSA) is 65.6 Å². The molecular weight excluding hydrogens is 318 g/mol. The minimum Gasteiger partial charge on any atom is -0.444 e. The number of aromatic amines is 1. The predicted octanol–water partition coefficient (Wildman–Crippen LogP) is 3.43. The summed E-state index contributed by atoms with van der Waals surface area (Å²) in [6.07, 6.45) is 3.23. The van der Waals surface area contributed by atoms with Gasteiger partial charge in [0, 0.05) is 54.5 Å². The number of ether oxygens (including phenoxy) is 1. The maximum atomic E-state index is 12.3. The molecule has 2 heterocycles. The summed E-state index contributed by atoms with van der Waals surface area (Å²) in [5.74, 6) is 0. The fraction of sp³-hybridized carbons (Fsp3) is 0.474. The van der Waals surface area contributed by atoms with Gasteiger partial charge in [-0.25, -0.2) is 4.79 Å². The molecule has 0 atom stereocenters. The second-order valence-electron chi connectivity index (χ2n) is 7.40. The average Bonchev–Trinajstić information content (AvgIpc) is 2.79. The molecule has 1 aliphatic heterocycles. The molecule has 2 aromatic rings. The number of nitrogens with one attached hydrogen (secondary N) is 1. The number of aldehydes is 1. The summed E-state index contributed by atoms with van der Waals surface area (Å²) in [5.41, 5.74) is 2.22. The fourth-order valence-electron chi connectivity index (χ4n) is 3.11. The third kappa shape index (κ3) is 3.95.